The summed E-state index contributed by atoms with van der Waals surface area (Å²) in [6, 6.07) is 15.1. The highest BCUT2D eigenvalue weighted by molar-refractivity contribution is 6.28. The molecule has 0 aliphatic heterocycles. The Balaban J connectivity index is 1.68. The Labute approximate surface area is 184 Å². The van der Waals surface area contributed by atoms with Crippen LogP contribution >= 0.6 is 11.6 Å². The van der Waals surface area contributed by atoms with Gasteiger partial charge in [0.15, 0.2) is 0 Å². The SMILES string of the molecule is CCN(CC)c1nc(Cl)nc(Nc2ccc3cc(-c4cccc(C)c4)c(=O)oc3c2)n1. The highest BCUT2D eigenvalue weighted by atomic mass is 35.5. The molecule has 0 bridgehead atoms. The lowest BCUT2D eigenvalue weighted by atomic mass is 10.0. The third-order valence-electron chi connectivity index (χ3n) is 4.96. The van der Waals surface area contributed by atoms with E-state index in [1.807, 2.05) is 68.1 Å². The third-order valence-corrected chi connectivity index (χ3v) is 5.13. The lowest BCUT2D eigenvalue weighted by molar-refractivity contribution is 0.563. The molecule has 8 heteroatoms. The summed E-state index contributed by atoms with van der Waals surface area (Å²) in [4.78, 5) is 27.4. The standard InChI is InChI=1S/C23H22ClN5O2/c1-4-29(5-2)23-27-21(24)26-22(28-23)25-17-10-9-16-12-18(20(30)31-19(16)13-17)15-8-6-7-14(3)11-15/h6-13H,4-5H2,1-3H3,(H,25,26,27,28). The molecule has 0 saturated carbocycles. The topological polar surface area (TPSA) is 84.2 Å². The van der Waals surface area contributed by atoms with Gasteiger partial charge in [-0.05, 0) is 56.1 Å². The van der Waals surface area contributed by atoms with Crippen LogP contribution in [0.25, 0.3) is 22.1 Å². The molecular weight excluding hydrogens is 414 g/mol. The molecule has 2 aromatic heterocycles. The van der Waals surface area contributed by atoms with Crippen LogP contribution in [-0.2, 0) is 0 Å². The largest absolute Gasteiger partial charge is 0.422 e. The van der Waals surface area contributed by atoms with Gasteiger partial charge < -0.3 is 14.6 Å². The Morgan fingerprint density at radius 3 is 2.58 bits per heavy atom. The van der Waals surface area contributed by atoms with E-state index in [0.29, 0.717) is 28.7 Å². The number of nitrogens with zero attached hydrogens (tertiary/aromatic N) is 4. The molecule has 0 radical (unpaired) electrons. The lowest BCUT2D eigenvalue weighted by Crippen LogP contribution is -2.24. The van der Waals surface area contributed by atoms with Crippen molar-refractivity contribution in [1.82, 2.24) is 15.0 Å². The minimum absolute atomic E-state index is 0.106. The molecule has 0 aliphatic rings. The van der Waals surface area contributed by atoms with E-state index >= 15 is 0 Å². The van der Waals surface area contributed by atoms with E-state index in [1.165, 1.54) is 0 Å². The predicted molar refractivity (Wildman–Crippen MR) is 124 cm³/mol. The summed E-state index contributed by atoms with van der Waals surface area (Å²) in [5.74, 6) is 0.822. The number of rotatable bonds is 6. The zero-order valence-electron chi connectivity index (χ0n) is 17.5. The molecule has 0 unspecified atom stereocenters. The van der Waals surface area contributed by atoms with Crippen LogP contribution < -0.4 is 15.8 Å². The fourth-order valence-corrected chi connectivity index (χ4v) is 3.53. The van der Waals surface area contributed by atoms with Crippen molar-refractivity contribution in [1.29, 1.82) is 0 Å². The molecule has 0 atom stereocenters. The van der Waals surface area contributed by atoms with E-state index in [2.05, 4.69) is 20.3 Å². The van der Waals surface area contributed by atoms with Gasteiger partial charge in [0.05, 0.1) is 5.56 Å². The number of hydrogen-bond donors (Lipinski definition) is 1. The fraction of sp³-hybridized carbons (Fsp3) is 0.217. The van der Waals surface area contributed by atoms with Crippen molar-refractivity contribution >= 4 is 40.2 Å². The maximum absolute atomic E-state index is 12.6. The van der Waals surface area contributed by atoms with Gasteiger partial charge in [0, 0.05) is 30.2 Å². The first-order chi connectivity index (χ1) is 15.0. The van der Waals surface area contributed by atoms with Gasteiger partial charge >= 0.3 is 5.63 Å². The van der Waals surface area contributed by atoms with Crippen LogP contribution in [0.1, 0.15) is 19.4 Å². The molecule has 0 amide bonds. The van der Waals surface area contributed by atoms with Crippen molar-refractivity contribution < 1.29 is 4.42 Å². The van der Waals surface area contributed by atoms with Crippen molar-refractivity contribution in [2.45, 2.75) is 20.8 Å². The number of anilines is 3. The van der Waals surface area contributed by atoms with Crippen molar-refractivity contribution in [2.75, 3.05) is 23.3 Å². The summed E-state index contributed by atoms with van der Waals surface area (Å²) in [6.07, 6.45) is 0. The average molecular weight is 436 g/mol. The zero-order valence-corrected chi connectivity index (χ0v) is 18.3. The maximum atomic E-state index is 12.6. The van der Waals surface area contributed by atoms with Crippen LogP contribution in [0.3, 0.4) is 0 Å². The molecule has 0 saturated heterocycles. The smallest absolute Gasteiger partial charge is 0.344 e. The monoisotopic (exact) mass is 435 g/mol. The molecule has 1 N–H and O–H groups in total. The van der Waals surface area contributed by atoms with E-state index in [0.717, 1.165) is 29.6 Å². The van der Waals surface area contributed by atoms with E-state index < -0.39 is 0 Å². The minimum Gasteiger partial charge on any atom is -0.422 e. The Morgan fingerprint density at radius 2 is 1.84 bits per heavy atom. The first kappa shape index (κ1) is 20.8. The van der Waals surface area contributed by atoms with Gasteiger partial charge in [0.2, 0.25) is 17.2 Å². The Bertz CT molecular complexity index is 1300. The number of aromatic nitrogens is 3. The quantitative estimate of drug-likeness (QED) is 0.417. The highest BCUT2D eigenvalue weighted by Crippen LogP contribution is 2.25. The molecule has 158 valence electrons. The number of nitrogens with one attached hydrogen (secondary N) is 1. The van der Waals surface area contributed by atoms with Gasteiger partial charge in [0.1, 0.15) is 5.58 Å². The van der Waals surface area contributed by atoms with Gasteiger partial charge in [0.25, 0.3) is 0 Å². The van der Waals surface area contributed by atoms with Gasteiger partial charge in [-0.2, -0.15) is 15.0 Å². The summed E-state index contributed by atoms with van der Waals surface area (Å²) in [7, 11) is 0. The van der Waals surface area contributed by atoms with Crippen LogP contribution in [0.15, 0.2) is 57.7 Å². The normalized spacial score (nSPS) is 11.0. The molecule has 0 spiro atoms. The lowest BCUT2D eigenvalue weighted by Gasteiger charge is -2.18. The summed E-state index contributed by atoms with van der Waals surface area (Å²) in [5, 5.41) is 4.04. The number of fused-ring (bicyclic) bond motifs is 1. The Morgan fingerprint density at radius 1 is 1.03 bits per heavy atom. The first-order valence-electron chi connectivity index (χ1n) is 10.1. The van der Waals surface area contributed by atoms with Crippen LogP contribution in [0, 0.1) is 6.92 Å². The van der Waals surface area contributed by atoms with Crippen molar-refractivity contribution in [3.63, 3.8) is 0 Å². The summed E-state index contributed by atoms with van der Waals surface area (Å²) < 4.78 is 5.60. The molecule has 0 aliphatic carbocycles. The van der Waals surface area contributed by atoms with Crippen LogP contribution in [0.5, 0.6) is 0 Å². The van der Waals surface area contributed by atoms with E-state index in [4.69, 9.17) is 16.0 Å². The molecular formula is C23H22ClN5O2. The van der Waals surface area contributed by atoms with E-state index in [9.17, 15) is 4.79 Å². The second-order valence-corrected chi connectivity index (χ2v) is 7.43. The van der Waals surface area contributed by atoms with Crippen molar-refractivity contribution in [2.24, 2.45) is 0 Å². The van der Waals surface area contributed by atoms with Crippen LogP contribution in [0.2, 0.25) is 5.28 Å². The van der Waals surface area contributed by atoms with Crippen molar-refractivity contribution in [3.05, 3.63) is 69.8 Å². The molecule has 2 heterocycles. The second kappa shape index (κ2) is 8.73. The number of aryl methyl sites for hydroxylation is 1. The number of halogens is 1. The van der Waals surface area contributed by atoms with E-state index in [-0.39, 0.29) is 10.9 Å². The molecule has 2 aromatic carbocycles. The third kappa shape index (κ3) is 4.51. The summed E-state index contributed by atoms with van der Waals surface area (Å²) in [5.41, 5.74) is 3.20. The molecule has 31 heavy (non-hydrogen) atoms. The van der Waals surface area contributed by atoms with Gasteiger partial charge in [-0.25, -0.2) is 4.79 Å². The molecule has 4 aromatic rings. The van der Waals surface area contributed by atoms with Gasteiger partial charge in [-0.1, -0.05) is 29.8 Å². The highest BCUT2D eigenvalue weighted by Gasteiger charge is 2.12. The predicted octanol–water partition coefficient (Wildman–Crippen LogP) is 5.20. The molecule has 0 fully saturated rings. The second-order valence-electron chi connectivity index (χ2n) is 7.09. The van der Waals surface area contributed by atoms with Crippen LogP contribution in [0.4, 0.5) is 17.6 Å². The summed E-state index contributed by atoms with van der Waals surface area (Å²) in [6.45, 7) is 7.53. The van der Waals surface area contributed by atoms with Gasteiger partial charge in [-0.15, -0.1) is 0 Å². The fourth-order valence-electron chi connectivity index (χ4n) is 3.38. The van der Waals surface area contributed by atoms with Crippen LogP contribution in [-0.4, -0.2) is 28.0 Å². The van der Waals surface area contributed by atoms with Crippen molar-refractivity contribution in [3.8, 4) is 11.1 Å². The van der Waals surface area contributed by atoms with E-state index in [1.54, 1.807) is 6.07 Å². The maximum Gasteiger partial charge on any atom is 0.344 e. The number of benzene rings is 2. The molecule has 4 rings (SSSR count). The average Bonchev–Trinajstić information content (AvgIpc) is 2.74. The zero-order chi connectivity index (χ0) is 22.0. The van der Waals surface area contributed by atoms with Gasteiger partial charge in [-0.3, -0.25) is 0 Å². The minimum atomic E-state index is -0.387. The Hall–Kier alpha value is -3.45. The number of hydrogen-bond acceptors (Lipinski definition) is 7. The first-order valence-corrected chi connectivity index (χ1v) is 10.4. The summed E-state index contributed by atoms with van der Waals surface area (Å²) >= 11 is 6.09. The Kier molecular flexibility index (Phi) is 5.86. The molecule has 7 nitrogen and oxygen atoms in total.